The van der Waals surface area contributed by atoms with E-state index >= 15 is 0 Å². The second-order valence-corrected chi connectivity index (χ2v) is 4.84. The molecule has 1 heterocycles. The first kappa shape index (κ1) is 12.0. The van der Waals surface area contributed by atoms with Gasteiger partial charge in [-0.2, -0.15) is 0 Å². The highest BCUT2D eigenvalue weighted by Crippen LogP contribution is 2.17. The van der Waals surface area contributed by atoms with Crippen LogP contribution in [-0.4, -0.2) is 12.0 Å². The van der Waals surface area contributed by atoms with E-state index in [1.165, 1.54) is 11.9 Å². The second-order valence-electron chi connectivity index (χ2n) is 3.93. The molecule has 0 bridgehead atoms. The molecule has 4 N–H and O–H groups in total. The molecule has 0 saturated heterocycles. The topological polar surface area (TPSA) is 62.4 Å². The number of hydrogen-bond donors (Lipinski definition) is 3. The molecule has 0 saturated carbocycles. The van der Waals surface area contributed by atoms with Crippen molar-refractivity contribution >= 4 is 23.3 Å². The van der Waals surface area contributed by atoms with Crippen LogP contribution in [0.4, 0.5) is 5.69 Å². The van der Waals surface area contributed by atoms with Crippen molar-refractivity contribution in [2.75, 3.05) is 5.73 Å². The van der Waals surface area contributed by atoms with E-state index in [0.717, 1.165) is 22.0 Å². The van der Waals surface area contributed by atoms with Crippen molar-refractivity contribution in [2.45, 2.75) is 25.0 Å². The average Bonchev–Trinajstić information content (AvgIpc) is 2.27. The Labute approximate surface area is 106 Å². The van der Waals surface area contributed by atoms with E-state index in [-0.39, 0.29) is 6.29 Å². The van der Waals surface area contributed by atoms with Gasteiger partial charge >= 0.3 is 0 Å². The smallest absolute Gasteiger partial charge is 0.183 e. The molecule has 0 fully saturated rings. The monoisotopic (exact) mass is 248 g/mol. The summed E-state index contributed by atoms with van der Waals surface area (Å²) in [6.45, 7) is 4.02. The number of nitrogens with one attached hydrogen (secondary N) is 2. The summed E-state index contributed by atoms with van der Waals surface area (Å²) >= 11 is 1.54. The average molecular weight is 248 g/mol. The summed E-state index contributed by atoms with van der Waals surface area (Å²) in [6, 6.07) is 7.74. The molecule has 90 valence electrons. The SMILES string of the molecule is CC1=CC(C)=NC(NSc2ccc(N)cc2)N1. The summed E-state index contributed by atoms with van der Waals surface area (Å²) < 4.78 is 3.25. The molecule has 0 aliphatic carbocycles. The van der Waals surface area contributed by atoms with Crippen molar-refractivity contribution in [3.63, 3.8) is 0 Å². The van der Waals surface area contributed by atoms with Gasteiger partial charge in [0.25, 0.3) is 0 Å². The highest BCUT2D eigenvalue weighted by atomic mass is 32.2. The second kappa shape index (κ2) is 5.25. The molecule has 0 amide bonds. The highest BCUT2D eigenvalue weighted by Gasteiger charge is 2.10. The van der Waals surface area contributed by atoms with Gasteiger partial charge in [0.15, 0.2) is 6.29 Å². The Hall–Kier alpha value is -1.46. The molecule has 0 spiro atoms. The van der Waals surface area contributed by atoms with Crippen molar-refractivity contribution < 1.29 is 0 Å². The third-order valence-corrected chi connectivity index (χ3v) is 3.14. The van der Waals surface area contributed by atoms with Crippen LogP contribution in [0.3, 0.4) is 0 Å². The fourth-order valence-electron chi connectivity index (χ4n) is 1.56. The molecule has 1 atom stereocenters. The molecule has 1 unspecified atom stereocenters. The molecule has 2 rings (SSSR count). The molecule has 1 aromatic carbocycles. The zero-order valence-electron chi connectivity index (χ0n) is 9.90. The number of aliphatic imine (C=N–C) groups is 1. The Morgan fingerprint density at radius 1 is 1.29 bits per heavy atom. The molecule has 5 heteroatoms. The Morgan fingerprint density at radius 3 is 2.65 bits per heavy atom. The Bertz CT molecular complexity index is 450. The van der Waals surface area contributed by atoms with Gasteiger partial charge in [0, 0.05) is 22.0 Å². The maximum atomic E-state index is 5.63. The van der Waals surface area contributed by atoms with E-state index in [9.17, 15) is 0 Å². The van der Waals surface area contributed by atoms with Crippen molar-refractivity contribution in [1.29, 1.82) is 0 Å². The van der Waals surface area contributed by atoms with Gasteiger partial charge < -0.3 is 11.1 Å². The third kappa shape index (κ3) is 3.51. The minimum atomic E-state index is -0.0810. The molecule has 17 heavy (non-hydrogen) atoms. The quantitative estimate of drug-likeness (QED) is 0.566. The molecular formula is C12H16N4S. The first-order valence-electron chi connectivity index (χ1n) is 5.40. The normalized spacial score (nSPS) is 19.3. The predicted octanol–water partition coefficient (Wildman–Crippen LogP) is 2.12. The number of hydrogen-bond acceptors (Lipinski definition) is 5. The molecule has 0 aromatic heterocycles. The van der Waals surface area contributed by atoms with Gasteiger partial charge in [-0.15, -0.1) is 0 Å². The van der Waals surface area contributed by atoms with Crippen LogP contribution in [0.25, 0.3) is 0 Å². The van der Waals surface area contributed by atoms with Crippen LogP contribution in [0, 0.1) is 0 Å². The van der Waals surface area contributed by atoms with Crippen LogP contribution in [0.15, 0.2) is 45.9 Å². The van der Waals surface area contributed by atoms with Crippen LogP contribution in [0.1, 0.15) is 13.8 Å². The lowest BCUT2D eigenvalue weighted by Crippen LogP contribution is -2.38. The first-order chi connectivity index (χ1) is 8.13. The number of allylic oxidation sites excluding steroid dienone is 2. The fraction of sp³-hybridized carbons (Fsp3) is 0.250. The van der Waals surface area contributed by atoms with Gasteiger partial charge in [-0.3, -0.25) is 0 Å². The first-order valence-corrected chi connectivity index (χ1v) is 6.22. The van der Waals surface area contributed by atoms with Gasteiger partial charge in [0.05, 0.1) is 0 Å². The van der Waals surface area contributed by atoms with E-state index in [1.807, 2.05) is 44.2 Å². The Kier molecular flexibility index (Phi) is 3.71. The molecule has 1 aliphatic rings. The summed E-state index contributed by atoms with van der Waals surface area (Å²) in [6.07, 6.45) is 1.94. The van der Waals surface area contributed by atoms with Crippen LogP contribution in [0.5, 0.6) is 0 Å². The standard InChI is InChI=1S/C12H16N4S/c1-8-7-9(2)15-12(14-8)16-17-11-5-3-10(13)4-6-11/h3-7,12,14,16H,13H2,1-2H3. The summed E-state index contributed by atoms with van der Waals surface area (Å²) in [4.78, 5) is 5.55. The van der Waals surface area contributed by atoms with E-state index in [1.54, 1.807) is 0 Å². The molecule has 1 aromatic rings. The highest BCUT2D eigenvalue weighted by molar-refractivity contribution is 7.97. The fourth-order valence-corrected chi connectivity index (χ4v) is 2.19. The zero-order chi connectivity index (χ0) is 12.3. The lowest BCUT2D eigenvalue weighted by molar-refractivity contribution is 0.572. The number of rotatable bonds is 3. The van der Waals surface area contributed by atoms with Crippen LogP contribution < -0.4 is 15.8 Å². The Balaban J connectivity index is 1.91. The van der Waals surface area contributed by atoms with Crippen LogP contribution >= 0.6 is 11.9 Å². The van der Waals surface area contributed by atoms with Gasteiger partial charge in [-0.05, 0) is 56.1 Å². The lowest BCUT2D eigenvalue weighted by Gasteiger charge is -2.21. The van der Waals surface area contributed by atoms with Gasteiger partial charge in [-0.1, -0.05) is 0 Å². The maximum absolute atomic E-state index is 5.63. The van der Waals surface area contributed by atoms with E-state index in [0.29, 0.717) is 0 Å². The summed E-state index contributed by atoms with van der Waals surface area (Å²) in [5, 5.41) is 3.25. The van der Waals surface area contributed by atoms with Gasteiger partial charge in [-0.25, -0.2) is 9.71 Å². The van der Waals surface area contributed by atoms with E-state index in [2.05, 4.69) is 15.0 Å². The van der Waals surface area contributed by atoms with Gasteiger partial charge in [0.1, 0.15) is 0 Å². The number of nitrogen functional groups attached to an aromatic ring is 1. The lowest BCUT2D eigenvalue weighted by atomic mass is 10.3. The summed E-state index contributed by atoms with van der Waals surface area (Å²) in [7, 11) is 0. The minimum absolute atomic E-state index is 0.0810. The molecular weight excluding hydrogens is 232 g/mol. The number of nitrogens with zero attached hydrogens (tertiary/aromatic N) is 1. The summed E-state index contributed by atoms with van der Waals surface area (Å²) in [5.41, 5.74) is 8.55. The van der Waals surface area contributed by atoms with E-state index < -0.39 is 0 Å². The largest absolute Gasteiger partial charge is 0.399 e. The van der Waals surface area contributed by atoms with E-state index in [4.69, 9.17) is 5.73 Å². The number of benzene rings is 1. The van der Waals surface area contributed by atoms with Crippen LogP contribution in [-0.2, 0) is 0 Å². The van der Waals surface area contributed by atoms with Crippen molar-refractivity contribution in [3.05, 3.63) is 36.0 Å². The molecule has 0 radical (unpaired) electrons. The number of anilines is 1. The number of nitrogens with two attached hydrogens (primary N) is 1. The Morgan fingerprint density at radius 2 is 2.00 bits per heavy atom. The maximum Gasteiger partial charge on any atom is 0.183 e. The zero-order valence-corrected chi connectivity index (χ0v) is 10.7. The van der Waals surface area contributed by atoms with Crippen molar-refractivity contribution in [2.24, 2.45) is 4.99 Å². The minimum Gasteiger partial charge on any atom is -0.399 e. The summed E-state index contributed by atoms with van der Waals surface area (Å²) in [5.74, 6) is 0. The van der Waals surface area contributed by atoms with Crippen LogP contribution in [0.2, 0.25) is 0 Å². The molecule has 4 nitrogen and oxygen atoms in total. The van der Waals surface area contributed by atoms with Crippen molar-refractivity contribution in [3.8, 4) is 0 Å². The van der Waals surface area contributed by atoms with Gasteiger partial charge in [0.2, 0.25) is 0 Å². The predicted molar refractivity (Wildman–Crippen MR) is 73.6 cm³/mol. The van der Waals surface area contributed by atoms with Crippen molar-refractivity contribution in [1.82, 2.24) is 10.0 Å². The third-order valence-electron chi connectivity index (χ3n) is 2.29. The molecule has 1 aliphatic heterocycles.